The van der Waals surface area contributed by atoms with Crippen molar-refractivity contribution in [1.29, 1.82) is 0 Å². The predicted octanol–water partition coefficient (Wildman–Crippen LogP) is 2.34. The third-order valence-electron chi connectivity index (χ3n) is 3.69. The van der Waals surface area contributed by atoms with Crippen molar-refractivity contribution in [1.82, 2.24) is 10.3 Å². The zero-order valence-electron chi connectivity index (χ0n) is 10.9. The van der Waals surface area contributed by atoms with Gasteiger partial charge in [0.25, 0.3) is 0 Å². The van der Waals surface area contributed by atoms with E-state index < -0.39 is 0 Å². The van der Waals surface area contributed by atoms with Crippen molar-refractivity contribution >= 4 is 0 Å². The highest BCUT2D eigenvalue weighted by Gasteiger charge is 2.32. The maximum absolute atomic E-state index is 5.97. The fourth-order valence-electron chi connectivity index (χ4n) is 2.68. The lowest BCUT2D eigenvalue weighted by atomic mass is 9.92. The Kier molecular flexibility index (Phi) is 4.13. The van der Waals surface area contributed by atoms with Gasteiger partial charge in [-0.25, -0.2) is 0 Å². The Morgan fingerprint density at radius 1 is 1.41 bits per heavy atom. The third-order valence-corrected chi connectivity index (χ3v) is 3.69. The Balaban J connectivity index is 2.08. The summed E-state index contributed by atoms with van der Waals surface area (Å²) < 4.78 is 5.97. The van der Waals surface area contributed by atoms with Crippen LogP contribution >= 0.6 is 0 Å². The molecule has 17 heavy (non-hydrogen) atoms. The Morgan fingerprint density at radius 2 is 2.24 bits per heavy atom. The zero-order chi connectivity index (χ0) is 12.3. The molecule has 2 rings (SSSR count). The predicted molar refractivity (Wildman–Crippen MR) is 69.1 cm³/mol. The summed E-state index contributed by atoms with van der Waals surface area (Å²) in [6.07, 6.45) is 4.87. The minimum absolute atomic E-state index is 0.312. The van der Waals surface area contributed by atoms with E-state index in [-0.39, 0.29) is 0 Å². The first-order valence-electron chi connectivity index (χ1n) is 6.46. The van der Waals surface area contributed by atoms with Crippen LogP contribution in [0.1, 0.15) is 38.3 Å². The molecule has 1 saturated heterocycles. The second-order valence-electron chi connectivity index (χ2n) is 4.92. The Bertz CT molecular complexity index is 341. The first kappa shape index (κ1) is 12.5. The van der Waals surface area contributed by atoms with Crippen LogP contribution in [0.3, 0.4) is 0 Å². The molecule has 2 heterocycles. The van der Waals surface area contributed by atoms with Crippen LogP contribution in [-0.2, 0) is 4.74 Å². The van der Waals surface area contributed by atoms with Gasteiger partial charge in [-0.2, -0.15) is 0 Å². The van der Waals surface area contributed by atoms with E-state index in [2.05, 4.69) is 30.2 Å². The quantitative estimate of drug-likeness (QED) is 0.868. The van der Waals surface area contributed by atoms with Crippen molar-refractivity contribution in [2.24, 2.45) is 0 Å². The maximum atomic E-state index is 5.97. The van der Waals surface area contributed by atoms with Gasteiger partial charge in [0.1, 0.15) is 0 Å². The van der Waals surface area contributed by atoms with E-state index in [9.17, 15) is 0 Å². The van der Waals surface area contributed by atoms with Crippen LogP contribution in [0.2, 0.25) is 0 Å². The van der Waals surface area contributed by atoms with Gasteiger partial charge >= 0.3 is 0 Å². The number of pyridine rings is 1. The van der Waals surface area contributed by atoms with Gasteiger partial charge in [0.15, 0.2) is 0 Å². The van der Waals surface area contributed by atoms with Crippen molar-refractivity contribution in [2.75, 3.05) is 7.05 Å². The summed E-state index contributed by atoms with van der Waals surface area (Å²) in [6.45, 7) is 4.37. The van der Waals surface area contributed by atoms with E-state index in [1.807, 2.05) is 25.4 Å². The molecular formula is C14H22N2O. The van der Waals surface area contributed by atoms with Gasteiger partial charge in [-0.15, -0.1) is 0 Å². The van der Waals surface area contributed by atoms with Gasteiger partial charge in [0.2, 0.25) is 0 Å². The molecule has 0 amide bonds. The lowest BCUT2D eigenvalue weighted by molar-refractivity contribution is 0.0283. The highest BCUT2D eigenvalue weighted by molar-refractivity contribution is 5.12. The number of nitrogens with one attached hydrogen (secondary N) is 1. The summed E-state index contributed by atoms with van der Waals surface area (Å²) in [5.74, 6) is 0.372. The molecule has 1 aliphatic heterocycles. The monoisotopic (exact) mass is 234 g/mol. The highest BCUT2D eigenvalue weighted by atomic mass is 16.5. The van der Waals surface area contributed by atoms with Crippen molar-refractivity contribution in [3.05, 3.63) is 30.1 Å². The molecule has 94 valence electrons. The molecule has 4 unspecified atom stereocenters. The third kappa shape index (κ3) is 2.85. The van der Waals surface area contributed by atoms with E-state index in [4.69, 9.17) is 4.74 Å². The van der Waals surface area contributed by atoms with Gasteiger partial charge in [0, 0.05) is 23.9 Å². The smallest absolute Gasteiger partial charge is 0.0738 e. The van der Waals surface area contributed by atoms with Gasteiger partial charge in [-0.3, -0.25) is 4.98 Å². The SMILES string of the molecule is CNC(C1CCC(C)O1)C(C)c1ccccn1. The van der Waals surface area contributed by atoms with E-state index in [0.717, 1.165) is 18.5 Å². The van der Waals surface area contributed by atoms with E-state index >= 15 is 0 Å². The van der Waals surface area contributed by atoms with E-state index in [0.29, 0.717) is 24.2 Å². The number of hydrogen-bond acceptors (Lipinski definition) is 3. The lowest BCUT2D eigenvalue weighted by Gasteiger charge is -2.28. The minimum atomic E-state index is 0.312. The lowest BCUT2D eigenvalue weighted by Crippen LogP contribution is -2.41. The molecule has 0 radical (unpaired) electrons. The Morgan fingerprint density at radius 3 is 2.76 bits per heavy atom. The molecule has 3 nitrogen and oxygen atoms in total. The van der Waals surface area contributed by atoms with Gasteiger partial charge < -0.3 is 10.1 Å². The normalized spacial score (nSPS) is 27.9. The minimum Gasteiger partial charge on any atom is -0.374 e. The van der Waals surface area contributed by atoms with Crippen LogP contribution in [0, 0.1) is 0 Å². The molecule has 0 aromatic carbocycles. The summed E-state index contributed by atoms with van der Waals surface area (Å²) in [4.78, 5) is 4.44. The van der Waals surface area contributed by atoms with Crippen molar-refractivity contribution < 1.29 is 4.74 Å². The number of aromatic nitrogens is 1. The summed E-state index contributed by atoms with van der Waals surface area (Å²) >= 11 is 0. The second-order valence-corrected chi connectivity index (χ2v) is 4.92. The molecule has 1 fully saturated rings. The average Bonchev–Trinajstić information content (AvgIpc) is 2.78. The highest BCUT2D eigenvalue weighted by Crippen LogP contribution is 2.28. The van der Waals surface area contributed by atoms with Crippen LogP contribution in [0.25, 0.3) is 0 Å². The number of hydrogen-bond donors (Lipinski definition) is 1. The zero-order valence-corrected chi connectivity index (χ0v) is 10.9. The summed E-state index contributed by atoms with van der Waals surface area (Å²) in [6, 6.07) is 6.44. The van der Waals surface area contributed by atoms with E-state index in [1.54, 1.807) is 0 Å². The Labute approximate surface area is 104 Å². The first-order chi connectivity index (χ1) is 8.22. The van der Waals surface area contributed by atoms with Gasteiger partial charge in [-0.1, -0.05) is 13.0 Å². The molecule has 0 bridgehead atoms. The molecule has 0 aliphatic carbocycles. The molecule has 0 spiro atoms. The van der Waals surface area contributed by atoms with Crippen molar-refractivity contribution in [3.8, 4) is 0 Å². The fraction of sp³-hybridized carbons (Fsp3) is 0.643. The van der Waals surface area contributed by atoms with E-state index in [1.165, 1.54) is 0 Å². The molecule has 3 heteroatoms. The van der Waals surface area contributed by atoms with Gasteiger partial charge in [0.05, 0.1) is 12.2 Å². The number of nitrogens with zero attached hydrogens (tertiary/aromatic N) is 1. The average molecular weight is 234 g/mol. The molecule has 1 aliphatic rings. The molecular weight excluding hydrogens is 212 g/mol. The number of ether oxygens (including phenoxy) is 1. The fourth-order valence-corrected chi connectivity index (χ4v) is 2.68. The summed E-state index contributed by atoms with van der Waals surface area (Å²) in [5.41, 5.74) is 1.13. The standard InChI is InChI=1S/C14H22N2O/c1-10-7-8-13(17-10)14(15-3)11(2)12-6-4-5-9-16-12/h4-6,9-11,13-15H,7-8H2,1-3H3. The first-order valence-corrected chi connectivity index (χ1v) is 6.46. The second kappa shape index (κ2) is 5.61. The van der Waals surface area contributed by atoms with Gasteiger partial charge in [-0.05, 0) is 38.9 Å². The Hall–Kier alpha value is -0.930. The van der Waals surface area contributed by atoms with Crippen molar-refractivity contribution in [2.45, 2.75) is 50.9 Å². The topological polar surface area (TPSA) is 34.1 Å². The van der Waals surface area contributed by atoms with Crippen LogP contribution in [0.4, 0.5) is 0 Å². The maximum Gasteiger partial charge on any atom is 0.0738 e. The molecule has 4 atom stereocenters. The molecule has 0 saturated carbocycles. The number of rotatable bonds is 4. The van der Waals surface area contributed by atoms with Crippen LogP contribution < -0.4 is 5.32 Å². The summed E-state index contributed by atoms with van der Waals surface area (Å²) in [5, 5.41) is 3.40. The van der Waals surface area contributed by atoms with Crippen molar-refractivity contribution in [3.63, 3.8) is 0 Å². The molecule has 1 N–H and O–H groups in total. The molecule has 1 aromatic heterocycles. The van der Waals surface area contributed by atoms with Crippen LogP contribution in [-0.4, -0.2) is 30.3 Å². The largest absolute Gasteiger partial charge is 0.374 e. The summed E-state index contributed by atoms with van der Waals surface area (Å²) in [7, 11) is 2.01. The number of likely N-dealkylation sites (N-methyl/N-ethyl adjacent to an activating group) is 1. The van der Waals surface area contributed by atoms with Crippen LogP contribution in [0.5, 0.6) is 0 Å². The van der Waals surface area contributed by atoms with Crippen LogP contribution in [0.15, 0.2) is 24.4 Å². The molecule has 1 aromatic rings.